The van der Waals surface area contributed by atoms with Gasteiger partial charge in [-0.15, -0.1) is 11.3 Å². The molecule has 3 N–H and O–H groups in total. The second-order valence-corrected chi connectivity index (χ2v) is 12.1. The van der Waals surface area contributed by atoms with Crippen molar-refractivity contribution in [3.05, 3.63) is 94.6 Å². The molecule has 41 heavy (non-hydrogen) atoms. The van der Waals surface area contributed by atoms with Crippen LogP contribution in [-0.4, -0.2) is 32.6 Å². The van der Waals surface area contributed by atoms with Crippen LogP contribution < -0.4 is 5.73 Å². The third-order valence-corrected chi connectivity index (χ3v) is 7.86. The van der Waals surface area contributed by atoms with Crippen molar-refractivity contribution >= 4 is 45.0 Å². The molecular formula is C32H28ClN3O4S. The van der Waals surface area contributed by atoms with Gasteiger partial charge in [0.05, 0.1) is 21.5 Å². The molecule has 0 saturated heterocycles. The van der Waals surface area contributed by atoms with Gasteiger partial charge in [-0.25, -0.2) is 9.78 Å². The van der Waals surface area contributed by atoms with Crippen molar-refractivity contribution < 1.29 is 19.4 Å². The summed E-state index contributed by atoms with van der Waals surface area (Å²) in [4.78, 5) is 33.7. The maximum Gasteiger partial charge on any atom is 0.337 e. The van der Waals surface area contributed by atoms with E-state index in [0.717, 1.165) is 43.0 Å². The maximum absolute atomic E-state index is 12.6. The van der Waals surface area contributed by atoms with E-state index in [1.54, 1.807) is 36.5 Å². The number of carbonyl (C=O) groups excluding carboxylic acids is 1. The summed E-state index contributed by atoms with van der Waals surface area (Å²) >= 11 is 7.67. The summed E-state index contributed by atoms with van der Waals surface area (Å²) in [6.45, 7) is 7.39. The predicted molar refractivity (Wildman–Crippen MR) is 163 cm³/mol. The molecule has 1 atom stereocenters. The number of amides is 1. The Morgan fingerprint density at radius 3 is 2.39 bits per heavy atom. The predicted octanol–water partition coefficient (Wildman–Crippen LogP) is 7.69. The highest BCUT2D eigenvalue weighted by Crippen LogP contribution is 2.44. The molecule has 0 bridgehead atoms. The lowest BCUT2D eigenvalue weighted by Gasteiger charge is -2.28. The highest BCUT2D eigenvalue weighted by atomic mass is 35.5. The Balaban J connectivity index is 1.71. The minimum absolute atomic E-state index is 0.399. The van der Waals surface area contributed by atoms with E-state index in [2.05, 4.69) is 4.98 Å². The van der Waals surface area contributed by atoms with Gasteiger partial charge < -0.3 is 15.6 Å². The van der Waals surface area contributed by atoms with Crippen molar-refractivity contribution in [3.8, 4) is 33.0 Å². The van der Waals surface area contributed by atoms with Gasteiger partial charge in [-0.05, 0) is 81.3 Å². The van der Waals surface area contributed by atoms with E-state index in [9.17, 15) is 14.7 Å². The Morgan fingerprint density at radius 2 is 1.73 bits per heavy atom. The lowest BCUT2D eigenvalue weighted by Crippen LogP contribution is -2.28. The van der Waals surface area contributed by atoms with Crippen molar-refractivity contribution in [2.24, 2.45) is 5.73 Å². The molecule has 0 aliphatic heterocycles. The molecule has 2 heterocycles. The number of carboxylic acid groups (broad SMARTS) is 1. The summed E-state index contributed by atoms with van der Waals surface area (Å²) in [6, 6.07) is 20.0. The fourth-order valence-corrected chi connectivity index (χ4v) is 5.96. The molecule has 7 nitrogen and oxygen atoms in total. The standard InChI is InChI=1S/C32H28ClN3O4S/c1-17-14-24-28(26(18-8-10-22(33)11-9-18)25(17)27(31(38)39)40-32(2,3)4)41-30(36-24)21-12-13-35-23(16-21)19-6-5-7-20(15-19)29(34)37/h5-16,27H,1-4H3,(H2,34,37)(H,38,39)/t27-/m0/s1. The van der Waals surface area contributed by atoms with Crippen molar-refractivity contribution in [3.63, 3.8) is 0 Å². The molecule has 0 spiro atoms. The molecule has 1 amide bonds. The lowest BCUT2D eigenvalue weighted by molar-refractivity contribution is -0.160. The summed E-state index contributed by atoms with van der Waals surface area (Å²) < 4.78 is 6.94. The average molecular weight is 586 g/mol. The summed E-state index contributed by atoms with van der Waals surface area (Å²) in [7, 11) is 0. The van der Waals surface area contributed by atoms with Crippen molar-refractivity contribution in [2.45, 2.75) is 39.4 Å². The van der Waals surface area contributed by atoms with Gasteiger partial charge in [-0.1, -0.05) is 35.9 Å². The number of aromatic nitrogens is 2. The van der Waals surface area contributed by atoms with Crippen LogP contribution in [0.25, 0.3) is 43.2 Å². The number of fused-ring (bicyclic) bond motifs is 1. The third kappa shape index (κ3) is 6.00. The van der Waals surface area contributed by atoms with E-state index < -0.39 is 23.6 Å². The Labute approximate surface area is 246 Å². The molecule has 9 heteroatoms. The van der Waals surface area contributed by atoms with Gasteiger partial charge in [-0.3, -0.25) is 9.78 Å². The van der Waals surface area contributed by atoms with Gasteiger partial charge in [0.2, 0.25) is 5.91 Å². The Kier molecular flexibility index (Phi) is 7.66. The number of benzene rings is 3. The lowest BCUT2D eigenvalue weighted by atomic mass is 9.91. The first-order valence-corrected chi connectivity index (χ1v) is 14.1. The normalized spacial score (nSPS) is 12.4. The van der Waals surface area contributed by atoms with Gasteiger partial charge in [0, 0.05) is 39.0 Å². The quantitative estimate of drug-likeness (QED) is 0.202. The largest absolute Gasteiger partial charge is 0.479 e. The molecule has 3 aromatic carbocycles. The van der Waals surface area contributed by atoms with E-state index in [-0.39, 0.29) is 0 Å². The van der Waals surface area contributed by atoms with Crippen LogP contribution in [0.5, 0.6) is 0 Å². The number of rotatable bonds is 7. The van der Waals surface area contributed by atoms with Crippen LogP contribution in [0.15, 0.2) is 72.9 Å². The average Bonchev–Trinajstić information content (AvgIpc) is 3.35. The fourth-order valence-electron chi connectivity index (χ4n) is 4.72. The van der Waals surface area contributed by atoms with Crippen LogP contribution in [0.1, 0.15) is 48.4 Å². The molecule has 5 aromatic rings. The van der Waals surface area contributed by atoms with Crippen LogP contribution in [0.2, 0.25) is 5.02 Å². The molecular weight excluding hydrogens is 558 g/mol. The summed E-state index contributed by atoms with van der Waals surface area (Å²) in [5, 5.41) is 11.6. The SMILES string of the molecule is Cc1cc2nc(-c3ccnc(-c4cccc(C(N)=O)c4)c3)sc2c(-c2ccc(Cl)cc2)c1[C@H](OC(C)(C)C)C(=O)O. The summed E-state index contributed by atoms with van der Waals surface area (Å²) in [6.07, 6.45) is 0.503. The first-order valence-electron chi connectivity index (χ1n) is 12.9. The number of aliphatic carboxylic acids is 1. The molecule has 0 aliphatic rings. The Bertz CT molecular complexity index is 1790. The number of halogens is 1. The third-order valence-electron chi connectivity index (χ3n) is 6.47. The number of primary amides is 1. The van der Waals surface area contributed by atoms with Gasteiger partial charge in [-0.2, -0.15) is 0 Å². The first-order chi connectivity index (χ1) is 19.4. The summed E-state index contributed by atoms with van der Waals surface area (Å²) in [5.41, 5.74) is 11.1. The number of carbonyl (C=O) groups is 2. The topological polar surface area (TPSA) is 115 Å². The maximum atomic E-state index is 12.6. The zero-order valence-electron chi connectivity index (χ0n) is 22.9. The second-order valence-electron chi connectivity index (χ2n) is 10.7. The first kappa shape index (κ1) is 28.4. The van der Waals surface area contributed by atoms with Crippen LogP contribution in [0.3, 0.4) is 0 Å². The van der Waals surface area contributed by atoms with E-state index in [4.69, 9.17) is 27.1 Å². The van der Waals surface area contributed by atoms with Gasteiger partial charge in [0.1, 0.15) is 5.01 Å². The second kappa shape index (κ2) is 11.0. The van der Waals surface area contributed by atoms with E-state index >= 15 is 0 Å². The molecule has 208 valence electrons. The summed E-state index contributed by atoms with van der Waals surface area (Å²) in [5.74, 6) is -1.58. The number of carboxylic acids is 1. The molecule has 0 aliphatic carbocycles. The fraction of sp³-hybridized carbons (Fsp3) is 0.188. The van der Waals surface area contributed by atoms with E-state index in [1.165, 1.54) is 11.3 Å². The number of hydrogen-bond acceptors (Lipinski definition) is 6. The van der Waals surface area contributed by atoms with Crippen LogP contribution in [0.4, 0.5) is 0 Å². The molecule has 0 radical (unpaired) electrons. The molecule has 2 aromatic heterocycles. The highest BCUT2D eigenvalue weighted by molar-refractivity contribution is 7.22. The molecule has 5 rings (SSSR count). The molecule has 0 saturated carbocycles. The van der Waals surface area contributed by atoms with E-state index in [1.807, 2.05) is 64.1 Å². The number of nitrogens with two attached hydrogens (primary N) is 1. The Hall–Kier alpha value is -4.11. The van der Waals surface area contributed by atoms with Crippen LogP contribution in [-0.2, 0) is 9.53 Å². The minimum Gasteiger partial charge on any atom is -0.479 e. The van der Waals surface area contributed by atoms with E-state index in [0.29, 0.717) is 21.8 Å². The van der Waals surface area contributed by atoms with Gasteiger partial charge >= 0.3 is 5.97 Å². The highest BCUT2D eigenvalue weighted by Gasteiger charge is 2.32. The zero-order chi connectivity index (χ0) is 29.5. The monoisotopic (exact) mass is 585 g/mol. The van der Waals surface area contributed by atoms with Crippen molar-refractivity contribution in [1.82, 2.24) is 9.97 Å². The van der Waals surface area contributed by atoms with Crippen molar-refractivity contribution in [2.75, 3.05) is 0 Å². The van der Waals surface area contributed by atoms with Gasteiger partial charge in [0.25, 0.3) is 0 Å². The van der Waals surface area contributed by atoms with Crippen molar-refractivity contribution in [1.29, 1.82) is 0 Å². The van der Waals surface area contributed by atoms with Crippen LogP contribution >= 0.6 is 22.9 Å². The Morgan fingerprint density at radius 1 is 1.00 bits per heavy atom. The smallest absolute Gasteiger partial charge is 0.337 e. The number of hydrogen-bond donors (Lipinski definition) is 2. The van der Waals surface area contributed by atoms with Crippen LogP contribution in [0, 0.1) is 6.92 Å². The number of ether oxygens (including phenoxy) is 1. The molecule has 0 unspecified atom stereocenters. The van der Waals surface area contributed by atoms with Gasteiger partial charge in [0.15, 0.2) is 6.10 Å². The minimum atomic E-state index is -1.19. The zero-order valence-corrected chi connectivity index (χ0v) is 24.5. The number of aryl methyl sites for hydroxylation is 1. The number of thiazole rings is 1. The number of nitrogens with zero attached hydrogens (tertiary/aromatic N) is 2. The number of pyridine rings is 1. The molecule has 0 fully saturated rings.